The standard InChI is InChI=1S/C11H20N4S/c1-8-7-9(15(4)14-8)16-6-5-11(2,3)10(12)13/h7H,5-6H2,1-4H3,(H3,12,13). The maximum atomic E-state index is 7.48. The third kappa shape index (κ3) is 3.27. The molecule has 1 heterocycles. The number of thioether (sulfide) groups is 1. The predicted molar refractivity (Wildman–Crippen MR) is 69.0 cm³/mol. The molecule has 1 aromatic heterocycles. The first-order valence-corrected chi connectivity index (χ1v) is 6.29. The van der Waals surface area contributed by atoms with E-state index in [1.54, 1.807) is 11.8 Å². The van der Waals surface area contributed by atoms with Gasteiger partial charge < -0.3 is 5.73 Å². The first kappa shape index (κ1) is 13.1. The lowest BCUT2D eigenvalue weighted by Gasteiger charge is -2.22. The summed E-state index contributed by atoms with van der Waals surface area (Å²) in [4.78, 5) is 0. The van der Waals surface area contributed by atoms with Crippen LogP contribution in [-0.2, 0) is 7.05 Å². The summed E-state index contributed by atoms with van der Waals surface area (Å²) in [5.74, 6) is 1.21. The number of aryl methyl sites for hydroxylation is 2. The summed E-state index contributed by atoms with van der Waals surface area (Å²) in [7, 11) is 1.95. The van der Waals surface area contributed by atoms with E-state index in [2.05, 4.69) is 11.2 Å². The van der Waals surface area contributed by atoms with Gasteiger partial charge in [0.2, 0.25) is 0 Å². The normalized spacial score (nSPS) is 11.8. The van der Waals surface area contributed by atoms with Gasteiger partial charge in [0, 0.05) is 18.2 Å². The maximum absolute atomic E-state index is 7.48. The third-order valence-corrected chi connectivity index (χ3v) is 3.75. The molecule has 4 nitrogen and oxygen atoms in total. The van der Waals surface area contributed by atoms with Crippen molar-refractivity contribution in [2.24, 2.45) is 18.2 Å². The molecule has 0 saturated carbocycles. The molecule has 0 aromatic carbocycles. The SMILES string of the molecule is Cc1cc(SCCC(C)(C)C(=N)N)n(C)n1. The molecule has 0 fully saturated rings. The Morgan fingerprint density at radius 1 is 1.62 bits per heavy atom. The zero-order valence-corrected chi connectivity index (χ0v) is 11.2. The summed E-state index contributed by atoms with van der Waals surface area (Å²) < 4.78 is 1.89. The van der Waals surface area contributed by atoms with Crippen LogP contribution in [0, 0.1) is 17.7 Å². The second-order valence-electron chi connectivity index (χ2n) is 4.64. The molecule has 16 heavy (non-hydrogen) atoms. The summed E-state index contributed by atoms with van der Waals surface area (Å²) in [6.07, 6.45) is 0.900. The number of hydrogen-bond acceptors (Lipinski definition) is 3. The minimum Gasteiger partial charge on any atom is -0.387 e. The van der Waals surface area contributed by atoms with E-state index in [1.165, 1.54) is 0 Å². The Kier molecular flexibility index (Phi) is 4.02. The van der Waals surface area contributed by atoms with Crippen molar-refractivity contribution in [3.05, 3.63) is 11.8 Å². The van der Waals surface area contributed by atoms with Gasteiger partial charge in [-0.25, -0.2) is 0 Å². The van der Waals surface area contributed by atoms with Crippen molar-refractivity contribution >= 4 is 17.6 Å². The lowest BCUT2D eigenvalue weighted by Crippen LogP contribution is -2.31. The molecule has 0 saturated heterocycles. The van der Waals surface area contributed by atoms with Crippen molar-refractivity contribution in [3.63, 3.8) is 0 Å². The first-order chi connectivity index (χ1) is 7.33. The van der Waals surface area contributed by atoms with Gasteiger partial charge in [0.15, 0.2) is 0 Å². The van der Waals surface area contributed by atoms with Gasteiger partial charge in [0.25, 0.3) is 0 Å². The second-order valence-corrected chi connectivity index (χ2v) is 5.76. The highest BCUT2D eigenvalue weighted by Gasteiger charge is 2.21. The van der Waals surface area contributed by atoms with Crippen molar-refractivity contribution in [1.29, 1.82) is 5.41 Å². The monoisotopic (exact) mass is 240 g/mol. The Balaban J connectivity index is 2.48. The van der Waals surface area contributed by atoms with Gasteiger partial charge in [-0.3, -0.25) is 10.1 Å². The summed E-state index contributed by atoms with van der Waals surface area (Å²) in [5, 5.41) is 12.9. The van der Waals surface area contributed by atoms with Crippen LogP contribution in [0.25, 0.3) is 0 Å². The Morgan fingerprint density at radius 3 is 2.69 bits per heavy atom. The van der Waals surface area contributed by atoms with Crippen LogP contribution in [0.4, 0.5) is 0 Å². The van der Waals surface area contributed by atoms with Crippen molar-refractivity contribution in [1.82, 2.24) is 9.78 Å². The molecular weight excluding hydrogens is 220 g/mol. The van der Waals surface area contributed by atoms with Gasteiger partial charge in [0.1, 0.15) is 0 Å². The van der Waals surface area contributed by atoms with Crippen LogP contribution >= 0.6 is 11.8 Å². The molecule has 0 aliphatic rings. The van der Waals surface area contributed by atoms with Crippen molar-refractivity contribution in [2.75, 3.05) is 5.75 Å². The van der Waals surface area contributed by atoms with Crippen LogP contribution in [0.2, 0.25) is 0 Å². The quantitative estimate of drug-likeness (QED) is 0.471. The molecule has 1 aromatic rings. The van der Waals surface area contributed by atoms with Gasteiger partial charge in [-0.05, 0) is 19.4 Å². The second kappa shape index (κ2) is 4.91. The Hall–Kier alpha value is -0.970. The van der Waals surface area contributed by atoms with Crippen LogP contribution in [-0.4, -0.2) is 21.4 Å². The summed E-state index contributed by atoms with van der Waals surface area (Å²) in [6, 6.07) is 2.07. The van der Waals surface area contributed by atoms with Gasteiger partial charge >= 0.3 is 0 Å². The fourth-order valence-corrected chi connectivity index (χ4v) is 2.57. The molecular formula is C11H20N4S. The van der Waals surface area contributed by atoms with E-state index in [4.69, 9.17) is 11.1 Å². The third-order valence-electron chi connectivity index (χ3n) is 2.67. The molecule has 3 N–H and O–H groups in total. The summed E-state index contributed by atoms with van der Waals surface area (Å²) in [5.41, 5.74) is 6.37. The average Bonchev–Trinajstić information content (AvgIpc) is 2.44. The lowest BCUT2D eigenvalue weighted by atomic mass is 9.89. The van der Waals surface area contributed by atoms with E-state index in [0.29, 0.717) is 0 Å². The fourth-order valence-electron chi connectivity index (χ4n) is 1.27. The molecule has 0 aliphatic heterocycles. The minimum atomic E-state index is -0.208. The minimum absolute atomic E-state index is 0.208. The Labute approximate surface area is 101 Å². The zero-order valence-electron chi connectivity index (χ0n) is 10.4. The zero-order chi connectivity index (χ0) is 12.3. The van der Waals surface area contributed by atoms with Crippen LogP contribution in [0.5, 0.6) is 0 Å². The molecule has 0 amide bonds. The molecule has 0 spiro atoms. The number of nitrogens with one attached hydrogen (secondary N) is 1. The largest absolute Gasteiger partial charge is 0.387 e. The molecule has 0 unspecified atom stereocenters. The maximum Gasteiger partial charge on any atom is 0.0963 e. The number of nitrogens with zero attached hydrogens (tertiary/aromatic N) is 2. The van der Waals surface area contributed by atoms with E-state index in [1.807, 2.05) is 32.5 Å². The number of amidine groups is 1. The Bertz CT molecular complexity index is 381. The number of nitrogens with two attached hydrogens (primary N) is 1. The molecule has 90 valence electrons. The number of hydrogen-bond donors (Lipinski definition) is 2. The van der Waals surface area contributed by atoms with Crippen molar-refractivity contribution in [2.45, 2.75) is 32.2 Å². The van der Waals surface area contributed by atoms with Crippen molar-refractivity contribution < 1.29 is 0 Å². The molecule has 1 rings (SSSR count). The first-order valence-electron chi connectivity index (χ1n) is 5.31. The topological polar surface area (TPSA) is 67.7 Å². The smallest absolute Gasteiger partial charge is 0.0963 e. The summed E-state index contributed by atoms with van der Waals surface area (Å²) >= 11 is 1.76. The highest BCUT2D eigenvalue weighted by atomic mass is 32.2. The number of rotatable bonds is 5. The van der Waals surface area contributed by atoms with Crippen LogP contribution < -0.4 is 5.73 Å². The van der Waals surface area contributed by atoms with E-state index < -0.39 is 0 Å². The Morgan fingerprint density at radius 2 is 2.25 bits per heavy atom. The van der Waals surface area contributed by atoms with Gasteiger partial charge in [-0.1, -0.05) is 13.8 Å². The van der Waals surface area contributed by atoms with E-state index in [0.717, 1.165) is 22.9 Å². The van der Waals surface area contributed by atoms with E-state index in [-0.39, 0.29) is 11.3 Å². The fraction of sp³-hybridized carbons (Fsp3) is 0.636. The van der Waals surface area contributed by atoms with Gasteiger partial charge in [0.05, 0.1) is 16.6 Å². The van der Waals surface area contributed by atoms with Crippen LogP contribution in [0.1, 0.15) is 26.0 Å². The average molecular weight is 240 g/mol. The van der Waals surface area contributed by atoms with Gasteiger partial charge in [-0.15, -0.1) is 11.8 Å². The predicted octanol–water partition coefficient (Wildman–Crippen LogP) is 2.17. The van der Waals surface area contributed by atoms with Crippen molar-refractivity contribution in [3.8, 4) is 0 Å². The molecule has 0 atom stereocenters. The van der Waals surface area contributed by atoms with E-state index in [9.17, 15) is 0 Å². The number of aromatic nitrogens is 2. The highest BCUT2D eigenvalue weighted by Crippen LogP contribution is 2.26. The molecule has 5 heteroatoms. The highest BCUT2D eigenvalue weighted by molar-refractivity contribution is 7.99. The van der Waals surface area contributed by atoms with Crippen LogP contribution in [0.15, 0.2) is 11.1 Å². The van der Waals surface area contributed by atoms with Gasteiger partial charge in [-0.2, -0.15) is 5.10 Å². The lowest BCUT2D eigenvalue weighted by molar-refractivity contribution is 0.499. The molecule has 0 bridgehead atoms. The molecule has 0 aliphatic carbocycles. The van der Waals surface area contributed by atoms with E-state index >= 15 is 0 Å². The van der Waals surface area contributed by atoms with Crippen LogP contribution in [0.3, 0.4) is 0 Å². The summed E-state index contributed by atoms with van der Waals surface area (Å²) in [6.45, 7) is 6.00. The molecule has 0 radical (unpaired) electrons.